The standard InChI is InChI=1S/C8H14F3NOS/c9-8(10,11)14-4-3-12-5-7(13)6-1-2-6/h6-7,12-13H,1-5H2. The van der Waals surface area contributed by atoms with Gasteiger partial charge in [-0.3, -0.25) is 0 Å². The molecule has 1 aliphatic carbocycles. The Morgan fingerprint density at radius 1 is 1.43 bits per heavy atom. The molecule has 0 spiro atoms. The molecule has 84 valence electrons. The van der Waals surface area contributed by atoms with Crippen LogP contribution in [0, 0.1) is 5.92 Å². The van der Waals surface area contributed by atoms with Crippen molar-refractivity contribution in [2.24, 2.45) is 5.92 Å². The van der Waals surface area contributed by atoms with Gasteiger partial charge in [-0.05, 0) is 30.5 Å². The van der Waals surface area contributed by atoms with Crippen LogP contribution < -0.4 is 5.32 Å². The number of aliphatic hydroxyl groups excluding tert-OH is 1. The fraction of sp³-hybridized carbons (Fsp3) is 1.00. The van der Waals surface area contributed by atoms with Gasteiger partial charge in [0.25, 0.3) is 0 Å². The second-order valence-corrected chi connectivity index (χ2v) is 4.56. The third-order valence-corrected chi connectivity index (χ3v) is 2.80. The minimum Gasteiger partial charge on any atom is -0.392 e. The molecular weight excluding hydrogens is 215 g/mol. The quantitative estimate of drug-likeness (QED) is 0.678. The lowest BCUT2D eigenvalue weighted by molar-refractivity contribution is -0.0327. The molecule has 6 heteroatoms. The fourth-order valence-corrected chi connectivity index (χ4v) is 1.61. The zero-order chi connectivity index (χ0) is 10.6. The number of hydrogen-bond acceptors (Lipinski definition) is 3. The Hall–Kier alpha value is 0.0600. The summed E-state index contributed by atoms with van der Waals surface area (Å²) in [6.07, 6.45) is 1.70. The molecule has 0 aromatic carbocycles. The first kappa shape index (κ1) is 12.1. The first-order valence-corrected chi connectivity index (χ1v) is 5.57. The molecule has 1 unspecified atom stereocenters. The van der Waals surface area contributed by atoms with Crippen LogP contribution in [-0.4, -0.2) is 35.6 Å². The van der Waals surface area contributed by atoms with E-state index in [4.69, 9.17) is 0 Å². The number of alkyl halides is 3. The predicted octanol–water partition coefficient (Wildman–Crippen LogP) is 1.60. The van der Waals surface area contributed by atoms with E-state index in [0.29, 0.717) is 12.5 Å². The van der Waals surface area contributed by atoms with Crippen LogP contribution in [0.25, 0.3) is 0 Å². The van der Waals surface area contributed by atoms with Gasteiger partial charge in [-0.1, -0.05) is 0 Å². The lowest BCUT2D eigenvalue weighted by atomic mass is 10.2. The number of hydrogen-bond donors (Lipinski definition) is 2. The zero-order valence-electron chi connectivity index (χ0n) is 7.68. The molecule has 0 aromatic rings. The van der Waals surface area contributed by atoms with Gasteiger partial charge < -0.3 is 10.4 Å². The van der Waals surface area contributed by atoms with Crippen LogP contribution in [0.1, 0.15) is 12.8 Å². The van der Waals surface area contributed by atoms with Crippen LogP contribution in [0.15, 0.2) is 0 Å². The molecule has 0 radical (unpaired) electrons. The SMILES string of the molecule is OC(CNCCSC(F)(F)F)C1CC1. The van der Waals surface area contributed by atoms with Gasteiger partial charge in [0.15, 0.2) is 0 Å². The Morgan fingerprint density at radius 2 is 2.07 bits per heavy atom. The fourth-order valence-electron chi connectivity index (χ4n) is 1.14. The highest BCUT2D eigenvalue weighted by Crippen LogP contribution is 2.32. The lowest BCUT2D eigenvalue weighted by Crippen LogP contribution is -2.30. The summed E-state index contributed by atoms with van der Waals surface area (Å²) in [7, 11) is 0. The molecule has 2 nitrogen and oxygen atoms in total. The Bertz CT molecular complexity index is 172. The number of thioether (sulfide) groups is 1. The third-order valence-electron chi connectivity index (χ3n) is 2.06. The highest BCUT2D eigenvalue weighted by atomic mass is 32.2. The van der Waals surface area contributed by atoms with E-state index in [0.717, 1.165) is 12.8 Å². The molecule has 1 atom stereocenters. The average molecular weight is 229 g/mol. The molecule has 0 aromatic heterocycles. The van der Waals surface area contributed by atoms with Gasteiger partial charge in [-0.15, -0.1) is 0 Å². The highest BCUT2D eigenvalue weighted by molar-refractivity contribution is 8.00. The summed E-state index contributed by atoms with van der Waals surface area (Å²) in [6, 6.07) is 0. The van der Waals surface area contributed by atoms with Crippen molar-refractivity contribution >= 4 is 11.8 Å². The minimum absolute atomic E-state index is 0.000880. The van der Waals surface area contributed by atoms with Crippen molar-refractivity contribution in [3.8, 4) is 0 Å². The summed E-state index contributed by atoms with van der Waals surface area (Å²) in [5.74, 6) is 0.374. The largest absolute Gasteiger partial charge is 0.441 e. The van der Waals surface area contributed by atoms with Crippen molar-refractivity contribution in [2.45, 2.75) is 24.5 Å². The summed E-state index contributed by atoms with van der Waals surface area (Å²) in [6.45, 7) is 0.692. The summed E-state index contributed by atoms with van der Waals surface area (Å²) in [4.78, 5) is 0. The Morgan fingerprint density at radius 3 is 2.57 bits per heavy atom. The van der Waals surface area contributed by atoms with Crippen molar-refractivity contribution in [2.75, 3.05) is 18.8 Å². The number of rotatable bonds is 6. The lowest BCUT2D eigenvalue weighted by Gasteiger charge is -2.10. The number of nitrogens with one attached hydrogen (secondary N) is 1. The molecule has 0 saturated heterocycles. The first-order valence-electron chi connectivity index (χ1n) is 4.58. The van der Waals surface area contributed by atoms with E-state index >= 15 is 0 Å². The van der Waals surface area contributed by atoms with Gasteiger partial charge in [0.05, 0.1) is 6.10 Å². The van der Waals surface area contributed by atoms with Crippen LogP contribution in [0.2, 0.25) is 0 Å². The zero-order valence-corrected chi connectivity index (χ0v) is 8.50. The summed E-state index contributed by atoms with van der Waals surface area (Å²) >= 11 is -0.0349. The Kier molecular flexibility index (Phi) is 4.53. The molecular formula is C8H14F3NOS. The minimum atomic E-state index is -4.14. The molecule has 1 aliphatic rings. The molecule has 0 bridgehead atoms. The predicted molar refractivity (Wildman–Crippen MR) is 50.1 cm³/mol. The van der Waals surface area contributed by atoms with E-state index in [2.05, 4.69) is 5.32 Å². The molecule has 1 saturated carbocycles. The second kappa shape index (κ2) is 5.23. The maximum Gasteiger partial charge on any atom is 0.441 e. The molecule has 14 heavy (non-hydrogen) atoms. The van der Waals surface area contributed by atoms with Crippen LogP contribution in [0.3, 0.4) is 0 Å². The summed E-state index contributed by atoms with van der Waals surface area (Å²) in [5, 5.41) is 12.2. The van der Waals surface area contributed by atoms with Crippen LogP contribution in [-0.2, 0) is 0 Å². The van der Waals surface area contributed by atoms with Gasteiger partial charge in [-0.2, -0.15) is 13.2 Å². The van der Waals surface area contributed by atoms with E-state index < -0.39 is 5.51 Å². The Balaban J connectivity index is 1.88. The van der Waals surface area contributed by atoms with Crippen LogP contribution in [0.4, 0.5) is 13.2 Å². The van der Waals surface area contributed by atoms with Crippen molar-refractivity contribution in [3.05, 3.63) is 0 Å². The monoisotopic (exact) mass is 229 g/mol. The van der Waals surface area contributed by atoms with E-state index in [1.165, 1.54) is 0 Å². The molecule has 0 amide bonds. The maximum atomic E-state index is 11.7. The highest BCUT2D eigenvalue weighted by Gasteiger charge is 2.29. The average Bonchev–Trinajstić information content (AvgIpc) is 2.83. The third kappa shape index (κ3) is 5.72. The van der Waals surface area contributed by atoms with Crippen molar-refractivity contribution < 1.29 is 18.3 Å². The normalized spacial score (nSPS) is 19.7. The van der Waals surface area contributed by atoms with Crippen LogP contribution in [0.5, 0.6) is 0 Å². The molecule has 1 fully saturated rings. The maximum absolute atomic E-state index is 11.7. The molecule has 0 aliphatic heterocycles. The van der Waals surface area contributed by atoms with Crippen LogP contribution >= 0.6 is 11.8 Å². The van der Waals surface area contributed by atoms with Gasteiger partial charge in [-0.25, -0.2) is 0 Å². The van der Waals surface area contributed by atoms with Gasteiger partial charge in [0.1, 0.15) is 0 Å². The van der Waals surface area contributed by atoms with E-state index in [1.807, 2.05) is 0 Å². The first-order chi connectivity index (χ1) is 6.49. The van der Waals surface area contributed by atoms with Crippen molar-refractivity contribution in [1.29, 1.82) is 0 Å². The van der Waals surface area contributed by atoms with Gasteiger partial charge >= 0.3 is 5.51 Å². The van der Waals surface area contributed by atoms with Gasteiger partial charge in [0, 0.05) is 18.8 Å². The topological polar surface area (TPSA) is 32.3 Å². The second-order valence-electron chi connectivity index (χ2n) is 3.40. The molecule has 1 rings (SSSR count). The number of aliphatic hydroxyl groups is 1. The number of halogens is 3. The van der Waals surface area contributed by atoms with Crippen molar-refractivity contribution in [1.82, 2.24) is 5.32 Å². The van der Waals surface area contributed by atoms with Crippen molar-refractivity contribution in [3.63, 3.8) is 0 Å². The van der Waals surface area contributed by atoms with E-state index in [-0.39, 0.29) is 30.2 Å². The van der Waals surface area contributed by atoms with E-state index in [1.54, 1.807) is 0 Å². The summed E-state index contributed by atoms with van der Waals surface area (Å²) < 4.78 is 35.0. The smallest absolute Gasteiger partial charge is 0.392 e. The molecule has 2 N–H and O–H groups in total. The van der Waals surface area contributed by atoms with Gasteiger partial charge in [0.2, 0.25) is 0 Å². The summed E-state index contributed by atoms with van der Waals surface area (Å²) in [5.41, 5.74) is -4.14. The molecule has 0 heterocycles. The van der Waals surface area contributed by atoms with E-state index in [9.17, 15) is 18.3 Å². The Labute approximate surface area is 85.3 Å².